The number of rotatable bonds is 10. The predicted molar refractivity (Wildman–Crippen MR) is 61.9 cm³/mol. The Morgan fingerprint density at radius 3 is 2.07 bits per heavy atom. The summed E-state index contributed by atoms with van der Waals surface area (Å²) in [6.45, 7) is 11.5. The Balaban J connectivity index is 3.78. The molecular weight excluding hydrogens is 192 g/mol. The second-order valence-corrected chi connectivity index (χ2v) is 3.23. The van der Waals surface area contributed by atoms with Crippen LogP contribution >= 0.6 is 0 Å². The minimum atomic E-state index is -0.237. The third kappa shape index (κ3) is 7.54. The van der Waals surface area contributed by atoms with Gasteiger partial charge in [0.1, 0.15) is 0 Å². The molecule has 0 heterocycles. The van der Waals surface area contributed by atoms with Gasteiger partial charge in [-0.3, -0.25) is 0 Å². The Morgan fingerprint density at radius 2 is 1.67 bits per heavy atom. The van der Waals surface area contributed by atoms with Crippen LogP contribution in [0.5, 0.6) is 0 Å². The maximum atomic E-state index is 5.68. The summed E-state index contributed by atoms with van der Waals surface area (Å²) >= 11 is 0. The fourth-order valence-electron chi connectivity index (χ4n) is 1.27. The lowest BCUT2D eigenvalue weighted by atomic mass is 10.2. The summed E-state index contributed by atoms with van der Waals surface area (Å²) in [5.41, 5.74) is 0. The molecule has 15 heavy (non-hydrogen) atoms. The predicted octanol–water partition coefficient (Wildman–Crippen LogP) is 2.76. The van der Waals surface area contributed by atoms with Crippen molar-refractivity contribution in [1.82, 2.24) is 0 Å². The van der Waals surface area contributed by atoms with Crippen molar-refractivity contribution in [3.63, 3.8) is 0 Å². The lowest BCUT2D eigenvalue weighted by molar-refractivity contribution is -0.176. The summed E-state index contributed by atoms with van der Waals surface area (Å²) in [4.78, 5) is 0. The highest BCUT2D eigenvalue weighted by Crippen LogP contribution is 2.06. The summed E-state index contributed by atoms with van der Waals surface area (Å²) in [6, 6.07) is 0. The molecule has 0 aromatic heterocycles. The van der Waals surface area contributed by atoms with Gasteiger partial charge in [0.15, 0.2) is 6.29 Å². The molecule has 0 aliphatic carbocycles. The van der Waals surface area contributed by atoms with Gasteiger partial charge < -0.3 is 14.2 Å². The van der Waals surface area contributed by atoms with Crippen molar-refractivity contribution >= 4 is 0 Å². The zero-order valence-corrected chi connectivity index (χ0v) is 10.2. The van der Waals surface area contributed by atoms with Crippen LogP contribution in [0.1, 0.15) is 33.6 Å². The summed E-state index contributed by atoms with van der Waals surface area (Å²) < 4.78 is 16.4. The molecule has 3 heteroatoms. The fraction of sp³-hybridized carbons (Fsp3) is 0.833. The summed E-state index contributed by atoms with van der Waals surface area (Å²) in [5.74, 6) is 0. The zero-order chi connectivity index (χ0) is 11.5. The van der Waals surface area contributed by atoms with Crippen LogP contribution in [0.3, 0.4) is 0 Å². The molecule has 0 saturated heterocycles. The van der Waals surface area contributed by atoms with E-state index in [2.05, 4.69) is 13.5 Å². The molecule has 90 valence electrons. The van der Waals surface area contributed by atoms with Gasteiger partial charge in [0.2, 0.25) is 0 Å². The molecule has 0 aromatic carbocycles. The smallest absolute Gasteiger partial charge is 0.180 e. The molecule has 0 spiro atoms. The van der Waals surface area contributed by atoms with E-state index < -0.39 is 0 Å². The Hall–Kier alpha value is -0.380. The minimum absolute atomic E-state index is 0.228. The highest BCUT2D eigenvalue weighted by atomic mass is 16.7. The Bertz CT molecular complexity index is 142. The maximum Gasteiger partial charge on any atom is 0.180 e. The first-order chi connectivity index (χ1) is 7.28. The van der Waals surface area contributed by atoms with Gasteiger partial charge >= 0.3 is 0 Å². The molecule has 3 nitrogen and oxygen atoms in total. The van der Waals surface area contributed by atoms with E-state index in [1.54, 1.807) is 0 Å². The maximum absolute atomic E-state index is 5.68. The first-order valence-electron chi connectivity index (χ1n) is 5.74. The molecule has 0 amide bonds. The fourth-order valence-corrected chi connectivity index (χ4v) is 1.27. The molecule has 0 aromatic rings. The van der Waals surface area contributed by atoms with Crippen molar-refractivity contribution in [3.05, 3.63) is 12.7 Å². The Labute approximate surface area is 93.4 Å². The molecule has 1 atom stereocenters. The minimum Gasteiger partial charge on any atom is -0.373 e. The van der Waals surface area contributed by atoms with E-state index >= 15 is 0 Å². The molecule has 0 rings (SSSR count). The summed E-state index contributed by atoms with van der Waals surface area (Å²) in [7, 11) is 0. The van der Waals surface area contributed by atoms with E-state index in [4.69, 9.17) is 14.2 Å². The summed E-state index contributed by atoms with van der Waals surface area (Å²) in [5, 5.41) is 0. The Morgan fingerprint density at radius 1 is 1.07 bits per heavy atom. The van der Waals surface area contributed by atoms with Gasteiger partial charge in [0.25, 0.3) is 0 Å². The first kappa shape index (κ1) is 14.6. The van der Waals surface area contributed by atoms with Crippen LogP contribution in [0, 0.1) is 0 Å². The van der Waals surface area contributed by atoms with Crippen molar-refractivity contribution in [1.29, 1.82) is 0 Å². The lowest BCUT2D eigenvalue weighted by Gasteiger charge is -2.20. The molecule has 0 radical (unpaired) electrons. The zero-order valence-electron chi connectivity index (χ0n) is 10.2. The van der Waals surface area contributed by atoms with Gasteiger partial charge in [-0.25, -0.2) is 0 Å². The molecule has 0 saturated carbocycles. The van der Waals surface area contributed by atoms with Crippen LogP contribution in [0.25, 0.3) is 0 Å². The van der Waals surface area contributed by atoms with Gasteiger partial charge in [-0.2, -0.15) is 0 Å². The highest BCUT2D eigenvalue weighted by Gasteiger charge is 2.11. The second kappa shape index (κ2) is 10.1. The van der Waals surface area contributed by atoms with Gasteiger partial charge in [0.05, 0.1) is 12.7 Å². The van der Waals surface area contributed by atoms with Crippen molar-refractivity contribution < 1.29 is 14.2 Å². The van der Waals surface area contributed by atoms with Crippen LogP contribution in [0.2, 0.25) is 0 Å². The lowest BCUT2D eigenvalue weighted by Crippen LogP contribution is -2.26. The van der Waals surface area contributed by atoms with E-state index in [1.807, 2.05) is 19.9 Å². The average molecular weight is 216 g/mol. The van der Waals surface area contributed by atoms with Gasteiger partial charge in [-0.15, -0.1) is 6.58 Å². The molecular formula is C12H24O3. The molecule has 0 N–H and O–H groups in total. The van der Waals surface area contributed by atoms with Gasteiger partial charge in [0, 0.05) is 13.2 Å². The van der Waals surface area contributed by atoms with Crippen molar-refractivity contribution in [3.8, 4) is 0 Å². The third-order valence-corrected chi connectivity index (χ3v) is 2.06. The van der Waals surface area contributed by atoms with E-state index in [-0.39, 0.29) is 12.4 Å². The first-order valence-corrected chi connectivity index (χ1v) is 5.74. The Kier molecular flexibility index (Phi) is 9.89. The molecule has 0 aliphatic rings. The number of hydrogen-bond acceptors (Lipinski definition) is 3. The number of hydrogen-bond donors (Lipinski definition) is 0. The number of ether oxygens (including phenoxy) is 3. The average Bonchev–Trinajstić information content (AvgIpc) is 2.24. The molecule has 0 aliphatic heterocycles. The quantitative estimate of drug-likeness (QED) is 0.415. The van der Waals surface area contributed by atoms with Crippen LogP contribution in [0.4, 0.5) is 0 Å². The normalized spacial score (nSPS) is 13.1. The van der Waals surface area contributed by atoms with Crippen LogP contribution in [0.15, 0.2) is 12.7 Å². The standard InChI is InChI=1S/C12H24O3/c1-5-9-11(6-2)15-10-12(13-7-3)14-8-4/h5,11-12H,1,6-10H2,2-4H3/t11-/m0/s1. The van der Waals surface area contributed by atoms with Crippen LogP contribution in [-0.2, 0) is 14.2 Å². The van der Waals surface area contributed by atoms with Gasteiger partial charge in [-0.05, 0) is 26.7 Å². The van der Waals surface area contributed by atoms with E-state index in [0.29, 0.717) is 19.8 Å². The molecule has 0 unspecified atom stereocenters. The van der Waals surface area contributed by atoms with E-state index in [1.165, 1.54) is 0 Å². The van der Waals surface area contributed by atoms with Crippen molar-refractivity contribution in [2.45, 2.75) is 46.0 Å². The van der Waals surface area contributed by atoms with Crippen molar-refractivity contribution in [2.75, 3.05) is 19.8 Å². The van der Waals surface area contributed by atoms with Crippen molar-refractivity contribution in [2.24, 2.45) is 0 Å². The molecule has 0 fully saturated rings. The third-order valence-electron chi connectivity index (χ3n) is 2.06. The highest BCUT2D eigenvalue weighted by molar-refractivity contribution is 4.72. The van der Waals surface area contributed by atoms with Crippen LogP contribution in [-0.4, -0.2) is 32.2 Å². The molecule has 0 bridgehead atoms. The topological polar surface area (TPSA) is 27.7 Å². The second-order valence-electron chi connectivity index (χ2n) is 3.23. The van der Waals surface area contributed by atoms with Crippen LogP contribution < -0.4 is 0 Å². The SMILES string of the molecule is C=CC[C@H](CC)OCC(OCC)OCC. The summed E-state index contributed by atoms with van der Waals surface area (Å²) in [6.07, 6.45) is 3.73. The van der Waals surface area contributed by atoms with E-state index in [0.717, 1.165) is 12.8 Å². The van der Waals surface area contributed by atoms with Gasteiger partial charge in [-0.1, -0.05) is 13.0 Å². The monoisotopic (exact) mass is 216 g/mol. The largest absolute Gasteiger partial charge is 0.373 e. The van der Waals surface area contributed by atoms with E-state index in [9.17, 15) is 0 Å².